The van der Waals surface area contributed by atoms with Crippen LogP contribution in [-0.4, -0.2) is 170 Å². The number of nitrogens with one attached hydrogen (secondary N) is 11. The fourth-order valence-electron chi connectivity index (χ4n) is 12.9. The predicted octanol–water partition coefficient (Wildman–Crippen LogP) is 6.53. The van der Waals surface area contributed by atoms with Crippen LogP contribution in [0.3, 0.4) is 0 Å². The van der Waals surface area contributed by atoms with Crippen molar-refractivity contribution in [2.45, 2.75) is 120 Å². The summed E-state index contributed by atoms with van der Waals surface area (Å²) in [4.78, 5) is 76.6. The Balaban J connectivity index is 0.000000175. The zero-order valence-electron chi connectivity index (χ0n) is 63.6. The number of amidine groups is 4. The highest BCUT2D eigenvalue weighted by Gasteiger charge is 2.42. The van der Waals surface area contributed by atoms with Crippen LogP contribution in [-0.2, 0) is 43.4 Å². The van der Waals surface area contributed by atoms with Gasteiger partial charge < -0.3 is 93.8 Å². The van der Waals surface area contributed by atoms with Gasteiger partial charge in [-0.1, -0.05) is 153 Å². The van der Waals surface area contributed by atoms with Gasteiger partial charge in [0.15, 0.2) is 0 Å². The summed E-state index contributed by atoms with van der Waals surface area (Å²) >= 11 is 0. The summed E-state index contributed by atoms with van der Waals surface area (Å²) < 4.78 is 29.0. The molecule has 0 aromatic heterocycles. The van der Waals surface area contributed by atoms with Crippen molar-refractivity contribution in [2.24, 2.45) is 28.9 Å². The molecule has 4 aliphatic rings. The van der Waals surface area contributed by atoms with Crippen LogP contribution in [0.15, 0.2) is 212 Å². The van der Waals surface area contributed by atoms with Crippen LogP contribution >= 0.6 is 0 Å². The molecule has 9 atom stereocenters. The van der Waals surface area contributed by atoms with Gasteiger partial charge in [-0.05, 0) is 108 Å². The summed E-state index contributed by atoms with van der Waals surface area (Å²) in [5.41, 5.74) is 27.9. The van der Waals surface area contributed by atoms with E-state index in [0.717, 1.165) is 29.7 Å². The van der Waals surface area contributed by atoms with E-state index in [-0.39, 0.29) is 102 Å². The lowest BCUT2D eigenvalue weighted by atomic mass is 10.1. The number of carboxylic acid groups (broad SMARTS) is 1. The summed E-state index contributed by atoms with van der Waals surface area (Å²) in [6, 6.07) is 61.1. The number of hydrogen-bond donors (Lipinski definition) is 16. The van der Waals surface area contributed by atoms with E-state index in [1.165, 1.54) is 5.56 Å². The second kappa shape index (κ2) is 42.5. The number of amides is 5. The molecule has 8 aromatic carbocycles. The Morgan fingerprint density at radius 2 is 0.850 bits per heavy atom. The molecule has 5 amide bonds. The Morgan fingerprint density at radius 3 is 1.27 bits per heavy atom. The van der Waals surface area contributed by atoms with E-state index in [0.29, 0.717) is 122 Å². The molecule has 113 heavy (non-hydrogen) atoms. The minimum absolute atomic E-state index is 0.00418. The molecule has 0 bridgehead atoms. The van der Waals surface area contributed by atoms with Gasteiger partial charge in [0.25, 0.3) is 5.91 Å². The van der Waals surface area contributed by atoms with Gasteiger partial charge in [0.1, 0.15) is 88.6 Å². The first-order chi connectivity index (χ1) is 54.4. The molecule has 0 aliphatic carbocycles. The minimum Gasteiger partial charge on any atom is -0.497 e. The van der Waals surface area contributed by atoms with Gasteiger partial charge in [0.05, 0.1) is 31.8 Å². The zero-order valence-corrected chi connectivity index (χ0v) is 63.6. The smallest absolute Gasteiger partial charge is 0.326 e. The Labute approximate surface area is 657 Å². The van der Waals surface area contributed by atoms with E-state index in [1.54, 1.807) is 109 Å². The van der Waals surface area contributed by atoms with Crippen LogP contribution in [0.2, 0.25) is 0 Å². The van der Waals surface area contributed by atoms with Crippen LogP contribution < -0.4 is 83.8 Å². The average Bonchev–Trinajstić information content (AvgIpc) is 1.67. The molecular formula is C85H102N16O12. The Hall–Kier alpha value is -12.7. The van der Waals surface area contributed by atoms with Gasteiger partial charge in [-0.15, -0.1) is 0 Å². The second-order valence-corrected chi connectivity index (χ2v) is 28.0. The van der Waals surface area contributed by atoms with E-state index < -0.39 is 24.1 Å². The maximum atomic E-state index is 13.3. The van der Waals surface area contributed by atoms with Gasteiger partial charge in [-0.25, -0.2) is 4.79 Å². The van der Waals surface area contributed by atoms with Crippen molar-refractivity contribution in [3.63, 3.8) is 0 Å². The van der Waals surface area contributed by atoms with E-state index >= 15 is 0 Å². The van der Waals surface area contributed by atoms with Crippen molar-refractivity contribution < 1.29 is 57.6 Å². The van der Waals surface area contributed by atoms with Gasteiger partial charge in [-0.2, -0.15) is 0 Å². The third-order valence-electron chi connectivity index (χ3n) is 19.0. The van der Waals surface area contributed by atoms with Gasteiger partial charge in [-0.3, -0.25) is 45.6 Å². The first-order valence-corrected chi connectivity index (χ1v) is 37.5. The predicted molar refractivity (Wildman–Crippen MR) is 433 cm³/mol. The van der Waals surface area contributed by atoms with Crippen molar-refractivity contribution in [1.82, 2.24) is 42.1 Å². The van der Waals surface area contributed by atoms with Gasteiger partial charge >= 0.3 is 5.97 Å². The van der Waals surface area contributed by atoms with Gasteiger partial charge in [0.2, 0.25) is 23.6 Å². The number of carboxylic acids is 1. The molecule has 0 radical (unpaired) electrons. The number of aliphatic carboxylic acids is 1. The summed E-state index contributed by atoms with van der Waals surface area (Å²) in [6.07, 6.45) is 3.25. The molecular weight excluding hydrogens is 1440 g/mol. The van der Waals surface area contributed by atoms with Crippen LogP contribution in [0.5, 0.6) is 28.7 Å². The highest BCUT2D eigenvalue weighted by Crippen LogP contribution is 2.28. The molecule has 594 valence electrons. The van der Waals surface area contributed by atoms with Crippen LogP contribution in [0.25, 0.3) is 0 Å². The maximum absolute atomic E-state index is 13.3. The quantitative estimate of drug-likeness (QED) is 0.0168. The highest BCUT2D eigenvalue weighted by atomic mass is 16.5. The molecule has 20 N–H and O–H groups in total. The maximum Gasteiger partial charge on any atom is 0.326 e. The molecule has 4 saturated heterocycles. The van der Waals surface area contributed by atoms with Gasteiger partial charge in [0, 0.05) is 99.2 Å². The number of benzene rings is 8. The normalized spacial score (nSPS) is 18.8. The van der Waals surface area contributed by atoms with E-state index in [2.05, 4.69) is 63.2 Å². The lowest BCUT2D eigenvalue weighted by Crippen LogP contribution is -2.49. The minimum atomic E-state index is -1.07. The van der Waals surface area contributed by atoms with E-state index in [9.17, 15) is 33.9 Å². The van der Waals surface area contributed by atoms with Crippen molar-refractivity contribution in [1.29, 1.82) is 21.6 Å². The monoisotopic (exact) mass is 1540 g/mol. The molecule has 0 saturated carbocycles. The molecule has 4 heterocycles. The third-order valence-corrected chi connectivity index (χ3v) is 19.0. The van der Waals surface area contributed by atoms with Crippen LogP contribution in [0.4, 0.5) is 0 Å². The Morgan fingerprint density at radius 1 is 0.451 bits per heavy atom. The molecule has 28 heteroatoms. The van der Waals surface area contributed by atoms with Crippen molar-refractivity contribution >= 4 is 58.8 Å². The molecule has 0 spiro atoms. The number of nitrogen functional groups attached to an aromatic ring is 4. The number of carbonyl (C=O) groups is 6. The van der Waals surface area contributed by atoms with Crippen molar-refractivity contribution in [3.8, 4) is 28.7 Å². The number of likely N-dealkylation sites (tertiary alicyclic amines) is 1. The largest absolute Gasteiger partial charge is 0.497 e. The molecule has 12 rings (SSSR count). The summed E-state index contributed by atoms with van der Waals surface area (Å²) in [6.45, 7) is 7.90. The van der Waals surface area contributed by atoms with Crippen LogP contribution in [0.1, 0.15) is 95.3 Å². The number of carbonyl (C=O) groups excluding carboxylic acids is 5. The van der Waals surface area contributed by atoms with E-state index in [1.807, 2.05) is 103 Å². The lowest BCUT2D eigenvalue weighted by Gasteiger charge is -2.23. The summed E-state index contributed by atoms with van der Waals surface area (Å²) in [5.74, 6) is 1.82. The Bertz CT molecular complexity index is 4520. The third kappa shape index (κ3) is 26.8. The lowest BCUT2D eigenvalue weighted by molar-refractivity contribution is -0.142. The number of methoxy groups -OCH3 is 1. The molecule has 0 unspecified atom stereocenters. The fourth-order valence-corrected chi connectivity index (χ4v) is 12.9. The first kappa shape index (κ1) is 84.4. The average molecular weight is 1540 g/mol. The highest BCUT2D eigenvalue weighted by molar-refractivity contribution is 5.99. The SMILES string of the molecule is CC(C)CCNC(=O)[C@@H]1C[C@@H](Oc2cccc(C(=N)N)c2)CN1.COc1ccc(CNC(=O)[C@@H]2C[C@@H](Oc3cccc(C(=N)N)c3)CN2C(=O)c2ccccc2)cc1.N=C(N)c1cccc(O[C@H]2CN[C@H](C(=O)NCCc3ccccc3)C2)c1.N=C(N)c1cccc(O[C@H]2CN[C@H](C(=O)N[C@@H](Cc3ccccc3)C(=O)O)C2)c1. The standard InChI is InChI=1S/C27H28N4O4.C21H24N4O4.C20H24N4O2.C17H26N4O2/c1-34-21-12-10-18(11-13-21)16-30-26(32)24-15-23(35-22-9-5-8-20(14-22)25(28)29)17-31(24)27(33)19-6-3-2-4-7-19;22-19(23)14-7-4-8-15(10-14)29-16-11-17(24-12-16)20(26)25-18(21(27)28)9-13-5-2-1-3-6-13;21-19(22)15-7-4-8-16(11-15)26-17-12-18(24-13-17)20(25)23-10-9-14-5-2-1-3-6-14;1-11(2)6-7-20-17(22)15-9-14(10-21-15)23-13-5-3-4-12(8-13)16(18)19/h2-14,23-24H,15-17H2,1H3,(H3,28,29)(H,30,32);1-8,10,16-18,24H,9,11-12H2,(H3,22,23)(H,25,26)(H,27,28);1-8,11,17-18,24H,9-10,12-13H2,(H3,21,22)(H,23,25);3-5,8,11,14-15,21H,6-7,9-10H2,1-2H3,(H3,18,19)(H,20,22)/t23-,24+;16-,17+,18+;17-,18+;14-,15+/m1111/s1. The number of rotatable bonds is 30. The number of ether oxygens (including phenoxy) is 5. The number of nitrogens with two attached hydrogens (primary N) is 4. The summed E-state index contributed by atoms with van der Waals surface area (Å²) in [7, 11) is 1.60. The molecule has 28 nitrogen and oxygen atoms in total. The van der Waals surface area contributed by atoms with E-state index in [4.69, 9.17) is 68.3 Å². The molecule has 4 fully saturated rings. The molecule has 8 aromatic rings. The molecule has 4 aliphatic heterocycles. The van der Waals surface area contributed by atoms with Crippen molar-refractivity contribution in [3.05, 3.63) is 257 Å². The fraction of sp³-hybridized carbons (Fsp3) is 0.318. The number of hydrogen-bond acceptors (Lipinski definition) is 18. The first-order valence-electron chi connectivity index (χ1n) is 37.5. The zero-order chi connectivity index (χ0) is 80.8. The number of nitrogens with zero attached hydrogens (tertiary/aromatic N) is 1. The van der Waals surface area contributed by atoms with Crippen LogP contribution in [0, 0.1) is 27.6 Å². The van der Waals surface area contributed by atoms with Crippen molar-refractivity contribution in [2.75, 3.05) is 46.4 Å². The second-order valence-electron chi connectivity index (χ2n) is 28.0. The summed E-state index contributed by atoms with van der Waals surface area (Å²) in [5, 5.41) is 60.5. The topological polar surface area (TPSA) is 456 Å². The Kier molecular flexibility index (Phi) is 31.7.